The van der Waals surface area contributed by atoms with Gasteiger partial charge in [0.05, 0.1) is 5.25 Å². The Morgan fingerprint density at radius 2 is 2.54 bits per heavy atom. The molecule has 1 fully saturated rings. The van der Waals surface area contributed by atoms with Crippen molar-refractivity contribution >= 4 is 33.6 Å². The summed E-state index contributed by atoms with van der Waals surface area (Å²) in [5, 5.41) is 4.16. The molecule has 1 aliphatic rings. The van der Waals surface area contributed by atoms with Crippen LogP contribution in [0.2, 0.25) is 0 Å². The zero-order valence-corrected chi connectivity index (χ0v) is 10.3. The summed E-state index contributed by atoms with van der Waals surface area (Å²) in [6.45, 7) is 2.91. The molecule has 1 aliphatic heterocycles. The molecule has 4 heteroatoms. The standard InChI is InChI=1S/C9H16BrNOS/c1-7(5-10)6-11-9(12)8-3-2-4-13-8/h7-8H,2-6H2,1H3,(H,11,12). The number of carbonyl (C=O) groups is 1. The van der Waals surface area contributed by atoms with Crippen LogP contribution in [-0.4, -0.2) is 28.8 Å². The van der Waals surface area contributed by atoms with Gasteiger partial charge < -0.3 is 5.32 Å². The Balaban J connectivity index is 2.16. The molecule has 0 bridgehead atoms. The quantitative estimate of drug-likeness (QED) is 0.789. The van der Waals surface area contributed by atoms with Gasteiger partial charge in [0.2, 0.25) is 5.91 Å². The van der Waals surface area contributed by atoms with Gasteiger partial charge in [0.25, 0.3) is 0 Å². The summed E-state index contributed by atoms with van der Waals surface area (Å²) in [6, 6.07) is 0. The fourth-order valence-corrected chi connectivity index (χ4v) is 2.64. The number of hydrogen-bond acceptors (Lipinski definition) is 2. The summed E-state index contributed by atoms with van der Waals surface area (Å²) >= 11 is 5.18. The number of rotatable bonds is 4. The lowest BCUT2D eigenvalue weighted by molar-refractivity contribution is -0.120. The van der Waals surface area contributed by atoms with Crippen LogP contribution in [-0.2, 0) is 4.79 Å². The monoisotopic (exact) mass is 265 g/mol. The van der Waals surface area contributed by atoms with Crippen LogP contribution in [0.15, 0.2) is 0 Å². The van der Waals surface area contributed by atoms with Crippen LogP contribution < -0.4 is 5.32 Å². The van der Waals surface area contributed by atoms with Crippen molar-refractivity contribution in [1.29, 1.82) is 0 Å². The highest BCUT2D eigenvalue weighted by Gasteiger charge is 2.22. The highest BCUT2D eigenvalue weighted by Crippen LogP contribution is 2.25. The van der Waals surface area contributed by atoms with Crippen LogP contribution in [0.3, 0.4) is 0 Å². The van der Waals surface area contributed by atoms with E-state index in [1.165, 1.54) is 6.42 Å². The molecule has 0 aliphatic carbocycles. The lowest BCUT2D eigenvalue weighted by Gasteiger charge is -2.12. The molecule has 2 unspecified atom stereocenters. The molecule has 1 heterocycles. The number of hydrogen-bond donors (Lipinski definition) is 1. The Bertz CT molecular complexity index is 171. The number of nitrogens with one attached hydrogen (secondary N) is 1. The molecule has 1 amide bonds. The first-order valence-corrected chi connectivity index (χ1v) is 6.86. The van der Waals surface area contributed by atoms with E-state index in [0.717, 1.165) is 24.0 Å². The molecule has 0 radical (unpaired) electrons. The Labute approximate surface area is 92.4 Å². The Morgan fingerprint density at radius 1 is 1.77 bits per heavy atom. The maximum atomic E-state index is 11.5. The smallest absolute Gasteiger partial charge is 0.233 e. The lowest BCUT2D eigenvalue weighted by Crippen LogP contribution is -2.34. The van der Waals surface area contributed by atoms with Gasteiger partial charge in [-0.15, -0.1) is 11.8 Å². The van der Waals surface area contributed by atoms with Gasteiger partial charge in [0.1, 0.15) is 0 Å². The van der Waals surface area contributed by atoms with Crippen molar-refractivity contribution in [1.82, 2.24) is 5.32 Å². The van der Waals surface area contributed by atoms with Crippen LogP contribution in [0.25, 0.3) is 0 Å². The summed E-state index contributed by atoms with van der Waals surface area (Å²) in [6.07, 6.45) is 2.25. The average molecular weight is 266 g/mol. The third-order valence-corrected chi connectivity index (χ3v) is 4.59. The van der Waals surface area contributed by atoms with Crippen LogP contribution in [0.5, 0.6) is 0 Å². The summed E-state index contributed by atoms with van der Waals surface area (Å²) in [5.74, 6) is 1.90. The first-order chi connectivity index (χ1) is 6.24. The predicted octanol–water partition coefficient (Wildman–Crippen LogP) is 2.03. The Hall–Kier alpha value is 0.300. The van der Waals surface area contributed by atoms with E-state index in [9.17, 15) is 4.79 Å². The van der Waals surface area contributed by atoms with E-state index in [-0.39, 0.29) is 11.2 Å². The van der Waals surface area contributed by atoms with E-state index < -0.39 is 0 Å². The summed E-state index contributed by atoms with van der Waals surface area (Å²) in [5.41, 5.74) is 0. The first kappa shape index (κ1) is 11.4. The van der Waals surface area contributed by atoms with Gasteiger partial charge in [-0.3, -0.25) is 4.79 Å². The van der Waals surface area contributed by atoms with Crippen molar-refractivity contribution < 1.29 is 4.79 Å². The van der Waals surface area contributed by atoms with Gasteiger partial charge in [-0.25, -0.2) is 0 Å². The third kappa shape index (κ3) is 3.90. The normalized spacial score (nSPS) is 24.3. The van der Waals surface area contributed by atoms with Crippen molar-refractivity contribution in [2.24, 2.45) is 5.92 Å². The molecule has 0 aromatic carbocycles. The zero-order chi connectivity index (χ0) is 9.68. The second-order valence-electron chi connectivity index (χ2n) is 3.51. The summed E-state index contributed by atoms with van der Waals surface area (Å²) in [4.78, 5) is 11.5. The van der Waals surface area contributed by atoms with Crippen LogP contribution in [0.4, 0.5) is 0 Å². The zero-order valence-electron chi connectivity index (χ0n) is 7.88. The molecule has 2 nitrogen and oxygen atoms in total. The topological polar surface area (TPSA) is 29.1 Å². The predicted molar refractivity (Wildman–Crippen MR) is 61.4 cm³/mol. The molecule has 13 heavy (non-hydrogen) atoms. The van der Waals surface area contributed by atoms with E-state index in [1.54, 1.807) is 11.8 Å². The fourth-order valence-electron chi connectivity index (χ4n) is 1.23. The molecule has 76 valence electrons. The molecular weight excluding hydrogens is 250 g/mol. The molecule has 0 spiro atoms. The summed E-state index contributed by atoms with van der Waals surface area (Å²) < 4.78 is 0. The van der Waals surface area contributed by atoms with Crippen molar-refractivity contribution in [3.8, 4) is 0 Å². The minimum atomic E-state index is 0.225. The Morgan fingerprint density at radius 3 is 3.08 bits per heavy atom. The van der Waals surface area contributed by atoms with E-state index in [2.05, 4.69) is 28.2 Å². The number of carbonyl (C=O) groups excluding carboxylic acids is 1. The number of thioether (sulfide) groups is 1. The van der Waals surface area contributed by atoms with Crippen LogP contribution in [0, 0.1) is 5.92 Å². The van der Waals surface area contributed by atoms with Gasteiger partial charge in [-0.05, 0) is 24.5 Å². The van der Waals surface area contributed by atoms with Gasteiger partial charge in [0, 0.05) is 11.9 Å². The molecule has 1 saturated heterocycles. The molecule has 0 aromatic rings. The third-order valence-electron chi connectivity index (χ3n) is 2.11. The molecule has 1 rings (SSSR count). The second kappa shape index (κ2) is 5.91. The van der Waals surface area contributed by atoms with Gasteiger partial charge in [0.15, 0.2) is 0 Å². The maximum absolute atomic E-state index is 11.5. The van der Waals surface area contributed by atoms with Gasteiger partial charge in [-0.2, -0.15) is 0 Å². The van der Waals surface area contributed by atoms with E-state index in [4.69, 9.17) is 0 Å². The van der Waals surface area contributed by atoms with Crippen LogP contribution in [0.1, 0.15) is 19.8 Å². The average Bonchev–Trinajstić information content (AvgIpc) is 2.66. The SMILES string of the molecule is CC(CBr)CNC(=O)C1CCCS1. The molecule has 0 saturated carbocycles. The second-order valence-corrected chi connectivity index (χ2v) is 5.46. The maximum Gasteiger partial charge on any atom is 0.233 e. The molecule has 1 N–H and O–H groups in total. The van der Waals surface area contributed by atoms with E-state index in [0.29, 0.717) is 5.92 Å². The van der Waals surface area contributed by atoms with Crippen molar-refractivity contribution in [3.63, 3.8) is 0 Å². The molecule has 0 aromatic heterocycles. The van der Waals surface area contributed by atoms with Crippen molar-refractivity contribution in [3.05, 3.63) is 0 Å². The highest BCUT2D eigenvalue weighted by molar-refractivity contribution is 9.09. The van der Waals surface area contributed by atoms with Crippen LogP contribution >= 0.6 is 27.7 Å². The van der Waals surface area contributed by atoms with Crippen molar-refractivity contribution in [2.75, 3.05) is 17.6 Å². The first-order valence-electron chi connectivity index (χ1n) is 4.69. The minimum absolute atomic E-state index is 0.225. The number of halogens is 1. The fraction of sp³-hybridized carbons (Fsp3) is 0.889. The largest absolute Gasteiger partial charge is 0.355 e. The van der Waals surface area contributed by atoms with E-state index in [1.807, 2.05) is 0 Å². The summed E-state index contributed by atoms with van der Waals surface area (Å²) in [7, 11) is 0. The van der Waals surface area contributed by atoms with Gasteiger partial charge >= 0.3 is 0 Å². The lowest BCUT2D eigenvalue weighted by atomic mass is 10.2. The number of amides is 1. The Kier molecular flexibility index (Phi) is 5.17. The molecular formula is C9H16BrNOS. The molecule has 2 atom stereocenters. The van der Waals surface area contributed by atoms with E-state index >= 15 is 0 Å². The van der Waals surface area contributed by atoms with Crippen molar-refractivity contribution in [2.45, 2.75) is 25.0 Å². The number of alkyl halides is 1. The minimum Gasteiger partial charge on any atom is -0.355 e. The van der Waals surface area contributed by atoms with Gasteiger partial charge in [-0.1, -0.05) is 22.9 Å². The highest BCUT2D eigenvalue weighted by atomic mass is 79.9.